The zero-order valence-corrected chi connectivity index (χ0v) is 12.2. The first-order valence-electron chi connectivity index (χ1n) is 5.35. The molecule has 0 aliphatic carbocycles. The van der Waals surface area contributed by atoms with Crippen molar-refractivity contribution in [1.82, 2.24) is 0 Å². The standard InChI is InChI=1S/C13H9BrClNO3/c1-8-6-10(3-4-11(8)14)19-13-7-9(15)2-5-12(13)16(17)18/h2-7H,1H3. The van der Waals surface area contributed by atoms with Gasteiger partial charge in [0.05, 0.1) is 4.92 Å². The summed E-state index contributed by atoms with van der Waals surface area (Å²) in [6.45, 7) is 1.91. The summed E-state index contributed by atoms with van der Waals surface area (Å²) >= 11 is 9.21. The molecule has 0 bridgehead atoms. The average molecular weight is 343 g/mol. The molecule has 0 unspecified atom stereocenters. The van der Waals surface area contributed by atoms with E-state index in [9.17, 15) is 10.1 Å². The highest BCUT2D eigenvalue weighted by atomic mass is 79.9. The Morgan fingerprint density at radius 3 is 2.63 bits per heavy atom. The van der Waals surface area contributed by atoms with E-state index in [2.05, 4.69) is 15.9 Å². The van der Waals surface area contributed by atoms with E-state index in [1.165, 1.54) is 18.2 Å². The smallest absolute Gasteiger partial charge is 0.311 e. The summed E-state index contributed by atoms with van der Waals surface area (Å²) in [5, 5.41) is 11.3. The molecule has 0 fully saturated rings. The molecule has 6 heteroatoms. The predicted octanol–water partition coefficient (Wildman–Crippen LogP) is 5.11. The van der Waals surface area contributed by atoms with Gasteiger partial charge in [0.1, 0.15) is 5.75 Å². The lowest BCUT2D eigenvalue weighted by atomic mass is 10.2. The molecule has 0 spiro atoms. The van der Waals surface area contributed by atoms with Crippen LogP contribution in [0.4, 0.5) is 5.69 Å². The van der Waals surface area contributed by atoms with E-state index in [1.807, 2.05) is 13.0 Å². The summed E-state index contributed by atoms with van der Waals surface area (Å²) in [6, 6.07) is 9.54. The first-order valence-corrected chi connectivity index (χ1v) is 6.52. The third-order valence-corrected chi connectivity index (χ3v) is 3.60. The first kappa shape index (κ1) is 13.8. The normalized spacial score (nSPS) is 10.3. The summed E-state index contributed by atoms with van der Waals surface area (Å²) in [5.74, 6) is 0.644. The number of nitro benzene ring substituents is 1. The minimum absolute atomic E-state index is 0.120. The second kappa shape index (κ2) is 5.59. The number of ether oxygens (including phenoxy) is 1. The molecule has 4 nitrogen and oxygen atoms in total. The van der Waals surface area contributed by atoms with Crippen LogP contribution in [-0.2, 0) is 0 Å². The Balaban J connectivity index is 2.39. The molecule has 0 aromatic heterocycles. The highest BCUT2D eigenvalue weighted by molar-refractivity contribution is 9.10. The summed E-state index contributed by atoms with van der Waals surface area (Å²) < 4.78 is 6.49. The minimum atomic E-state index is -0.503. The van der Waals surface area contributed by atoms with Gasteiger partial charge in [-0.05, 0) is 36.8 Å². The van der Waals surface area contributed by atoms with E-state index in [1.54, 1.807) is 12.1 Å². The maximum atomic E-state index is 10.9. The van der Waals surface area contributed by atoms with Gasteiger partial charge in [-0.1, -0.05) is 27.5 Å². The van der Waals surface area contributed by atoms with Crippen molar-refractivity contribution in [2.75, 3.05) is 0 Å². The van der Waals surface area contributed by atoms with Gasteiger partial charge >= 0.3 is 5.69 Å². The molecule has 0 saturated heterocycles. The zero-order valence-electron chi connectivity index (χ0n) is 9.89. The fourth-order valence-electron chi connectivity index (χ4n) is 1.53. The topological polar surface area (TPSA) is 52.4 Å². The Labute approximate surface area is 123 Å². The van der Waals surface area contributed by atoms with Crippen LogP contribution in [0.1, 0.15) is 5.56 Å². The number of rotatable bonds is 3. The van der Waals surface area contributed by atoms with E-state index in [0.29, 0.717) is 10.8 Å². The monoisotopic (exact) mass is 341 g/mol. The second-order valence-corrected chi connectivity index (χ2v) is 5.17. The molecule has 0 radical (unpaired) electrons. The third kappa shape index (κ3) is 3.24. The van der Waals surface area contributed by atoms with Crippen LogP contribution in [-0.4, -0.2) is 4.92 Å². The molecule has 0 aliphatic heterocycles. The van der Waals surface area contributed by atoms with Crippen LogP contribution in [0, 0.1) is 17.0 Å². The van der Waals surface area contributed by atoms with E-state index >= 15 is 0 Å². The van der Waals surface area contributed by atoms with Crippen molar-refractivity contribution >= 4 is 33.2 Å². The molecule has 2 aromatic carbocycles. The van der Waals surface area contributed by atoms with Crippen LogP contribution in [0.2, 0.25) is 5.02 Å². The lowest BCUT2D eigenvalue weighted by Crippen LogP contribution is -1.93. The SMILES string of the molecule is Cc1cc(Oc2cc(Cl)ccc2[N+](=O)[O-])ccc1Br. The maximum absolute atomic E-state index is 10.9. The van der Waals surface area contributed by atoms with Gasteiger partial charge in [0.15, 0.2) is 0 Å². The summed E-state index contributed by atoms with van der Waals surface area (Å²) in [5.41, 5.74) is 0.854. The summed E-state index contributed by atoms with van der Waals surface area (Å²) in [7, 11) is 0. The van der Waals surface area contributed by atoms with Crippen molar-refractivity contribution in [2.24, 2.45) is 0 Å². The van der Waals surface area contributed by atoms with Gasteiger partial charge in [0, 0.05) is 21.6 Å². The summed E-state index contributed by atoms with van der Waals surface area (Å²) in [6.07, 6.45) is 0. The van der Waals surface area contributed by atoms with Crippen LogP contribution >= 0.6 is 27.5 Å². The largest absolute Gasteiger partial charge is 0.450 e. The van der Waals surface area contributed by atoms with Crippen LogP contribution in [0.15, 0.2) is 40.9 Å². The van der Waals surface area contributed by atoms with Crippen molar-refractivity contribution in [1.29, 1.82) is 0 Å². The number of nitro groups is 1. The average Bonchev–Trinajstić information content (AvgIpc) is 2.33. The van der Waals surface area contributed by atoms with Crippen molar-refractivity contribution in [2.45, 2.75) is 6.92 Å². The Morgan fingerprint density at radius 1 is 1.26 bits per heavy atom. The fourth-order valence-corrected chi connectivity index (χ4v) is 1.94. The van der Waals surface area contributed by atoms with Crippen molar-refractivity contribution in [3.63, 3.8) is 0 Å². The lowest BCUT2D eigenvalue weighted by molar-refractivity contribution is -0.385. The van der Waals surface area contributed by atoms with Gasteiger partial charge in [0.2, 0.25) is 5.75 Å². The van der Waals surface area contributed by atoms with Gasteiger partial charge in [-0.25, -0.2) is 0 Å². The number of aryl methyl sites for hydroxylation is 1. The molecule has 2 rings (SSSR count). The number of nitrogens with zero attached hydrogens (tertiary/aromatic N) is 1. The Morgan fingerprint density at radius 2 is 2.00 bits per heavy atom. The molecule has 2 aromatic rings. The molecule has 0 amide bonds. The van der Waals surface area contributed by atoms with Gasteiger partial charge in [-0.15, -0.1) is 0 Å². The maximum Gasteiger partial charge on any atom is 0.311 e. The molecule has 0 saturated carbocycles. The molecule has 19 heavy (non-hydrogen) atoms. The molecular formula is C13H9BrClNO3. The zero-order chi connectivity index (χ0) is 14.0. The third-order valence-electron chi connectivity index (χ3n) is 2.48. The van der Waals surface area contributed by atoms with Gasteiger partial charge < -0.3 is 4.74 Å². The van der Waals surface area contributed by atoms with Crippen LogP contribution in [0.3, 0.4) is 0 Å². The summed E-state index contributed by atoms with van der Waals surface area (Å²) in [4.78, 5) is 10.4. The van der Waals surface area contributed by atoms with E-state index in [4.69, 9.17) is 16.3 Å². The van der Waals surface area contributed by atoms with Gasteiger partial charge in [-0.2, -0.15) is 0 Å². The Hall–Kier alpha value is -1.59. The highest BCUT2D eigenvalue weighted by Gasteiger charge is 2.16. The van der Waals surface area contributed by atoms with E-state index in [-0.39, 0.29) is 11.4 Å². The number of benzene rings is 2. The van der Waals surface area contributed by atoms with Crippen LogP contribution < -0.4 is 4.74 Å². The van der Waals surface area contributed by atoms with Crippen molar-refractivity contribution in [3.8, 4) is 11.5 Å². The van der Waals surface area contributed by atoms with E-state index < -0.39 is 4.92 Å². The van der Waals surface area contributed by atoms with Crippen molar-refractivity contribution < 1.29 is 9.66 Å². The molecule has 98 valence electrons. The molecule has 0 heterocycles. The number of halogens is 2. The first-order chi connectivity index (χ1) is 8.97. The molecular weight excluding hydrogens is 334 g/mol. The lowest BCUT2D eigenvalue weighted by Gasteiger charge is -2.08. The highest BCUT2D eigenvalue weighted by Crippen LogP contribution is 2.34. The fraction of sp³-hybridized carbons (Fsp3) is 0.0769. The van der Waals surface area contributed by atoms with Crippen LogP contribution in [0.25, 0.3) is 0 Å². The molecule has 0 N–H and O–H groups in total. The second-order valence-electron chi connectivity index (χ2n) is 3.88. The Bertz CT molecular complexity index is 646. The quantitative estimate of drug-likeness (QED) is 0.575. The number of hydrogen-bond donors (Lipinski definition) is 0. The molecule has 0 aliphatic rings. The number of hydrogen-bond acceptors (Lipinski definition) is 3. The van der Waals surface area contributed by atoms with Gasteiger partial charge in [-0.3, -0.25) is 10.1 Å². The molecule has 0 atom stereocenters. The van der Waals surface area contributed by atoms with Crippen LogP contribution in [0.5, 0.6) is 11.5 Å². The van der Waals surface area contributed by atoms with Crippen molar-refractivity contribution in [3.05, 3.63) is 61.6 Å². The minimum Gasteiger partial charge on any atom is -0.450 e. The van der Waals surface area contributed by atoms with E-state index in [0.717, 1.165) is 10.0 Å². The Kier molecular flexibility index (Phi) is 4.07. The predicted molar refractivity (Wildman–Crippen MR) is 77.1 cm³/mol. The van der Waals surface area contributed by atoms with Gasteiger partial charge in [0.25, 0.3) is 0 Å².